The van der Waals surface area contributed by atoms with Crippen molar-refractivity contribution in [2.24, 2.45) is 0 Å². The number of hydrogen-bond acceptors (Lipinski definition) is 4. The van der Waals surface area contributed by atoms with Crippen molar-refractivity contribution in [3.63, 3.8) is 0 Å². The van der Waals surface area contributed by atoms with Crippen LogP contribution in [0.1, 0.15) is 0 Å². The molecule has 2 aromatic rings. The molecule has 2 rings (SSSR count). The van der Waals surface area contributed by atoms with Gasteiger partial charge in [0, 0.05) is 12.4 Å². The van der Waals surface area contributed by atoms with Gasteiger partial charge in [0.25, 0.3) is 0 Å². The minimum atomic E-state index is -0.138. The normalized spacial score (nSPS) is 10.2. The molecule has 0 atom stereocenters. The number of aromatic nitrogens is 3. The molecule has 5 nitrogen and oxygen atoms in total. The van der Waals surface area contributed by atoms with Crippen LogP contribution in [0.5, 0.6) is 0 Å². The molecule has 0 spiro atoms. The van der Waals surface area contributed by atoms with E-state index in [4.69, 9.17) is 0 Å². The number of amides is 1. The molecule has 0 radical (unpaired) electrons. The van der Waals surface area contributed by atoms with Gasteiger partial charge in [-0.1, -0.05) is 11.3 Å². The lowest BCUT2D eigenvalue weighted by Gasteiger charge is -2.00. The number of carbonyl (C=O) groups excluding carboxylic acids is 1. The first-order valence-corrected chi connectivity index (χ1v) is 5.73. The second-order valence-electron chi connectivity index (χ2n) is 2.72. The van der Waals surface area contributed by atoms with Gasteiger partial charge in [-0.2, -0.15) is 5.10 Å². The molecule has 0 unspecified atom stereocenters. The second kappa shape index (κ2) is 4.54. The van der Waals surface area contributed by atoms with E-state index in [1.807, 2.05) is 0 Å². The number of nitrogens with one attached hydrogen (secondary N) is 1. The lowest BCUT2D eigenvalue weighted by Crippen LogP contribution is -2.18. The monoisotopic (exact) mass is 286 g/mol. The Kier molecular flexibility index (Phi) is 3.12. The molecule has 0 aromatic carbocycles. The molecule has 0 saturated carbocycles. The zero-order valence-electron chi connectivity index (χ0n) is 7.55. The number of anilines is 1. The van der Waals surface area contributed by atoms with Crippen LogP contribution in [0.15, 0.2) is 28.4 Å². The van der Waals surface area contributed by atoms with Crippen molar-refractivity contribution in [2.45, 2.75) is 6.54 Å². The topological polar surface area (TPSA) is 59.8 Å². The Morgan fingerprint density at radius 1 is 1.67 bits per heavy atom. The van der Waals surface area contributed by atoms with E-state index in [1.54, 1.807) is 29.3 Å². The first-order chi connectivity index (χ1) is 7.24. The molecule has 0 fully saturated rings. The first kappa shape index (κ1) is 10.3. The Morgan fingerprint density at radius 3 is 3.13 bits per heavy atom. The summed E-state index contributed by atoms with van der Waals surface area (Å²) in [4.78, 5) is 15.5. The summed E-state index contributed by atoms with van der Waals surface area (Å²) in [7, 11) is 0. The van der Waals surface area contributed by atoms with Gasteiger partial charge < -0.3 is 5.32 Å². The highest BCUT2D eigenvalue weighted by atomic mass is 79.9. The fourth-order valence-corrected chi connectivity index (χ4v) is 2.13. The zero-order chi connectivity index (χ0) is 10.7. The molecular formula is C8H7BrN4OS. The van der Waals surface area contributed by atoms with E-state index >= 15 is 0 Å². The molecule has 7 heteroatoms. The summed E-state index contributed by atoms with van der Waals surface area (Å²) >= 11 is 4.64. The van der Waals surface area contributed by atoms with Crippen LogP contribution in [0.3, 0.4) is 0 Å². The molecule has 2 aromatic heterocycles. The maximum Gasteiger partial charge on any atom is 0.247 e. The van der Waals surface area contributed by atoms with Crippen molar-refractivity contribution >= 4 is 38.3 Å². The number of carbonyl (C=O) groups is 1. The van der Waals surface area contributed by atoms with Crippen molar-refractivity contribution in [3.05, 3.63) is 28.4 Å². The van der Waals surface area contributed by atoms with Gasteiger partial charge in [0.05, 0.1) is 9.98 Å². The van der Waals surface area contributed by atoms with E-state index in [0.717, 1.165) is 3.79 Å². The smallest absolute Gasteiger partial charge is 0.247 e. The molecule has 0 saturated heterocycles. The Hall–Kier alpha value is -1.21. The van der Waals surface area contributed by atoms with E-state index in [0.29, 0.717) is 5.13 Å². The molecule has 1 amide bonds. The Morgan fingerprint density at radius 2 is 2.53 bits per heavy atom. The van der Waals surface area contributed by atoms with Crippen molar-refractivity contribution in [2.75, 3.05) is 5.32 Å². The lowest BCUT2D eigenvalue weighted by atomic mass is 10.6. The number of halogens is 1. The highest BCUT2D eigenvalue weighted by molar-refractivity contribution is 9.11. The summed E-state index contributed by atoms with van der Waals surface area (Å²) in [5.74, 6) is -0.138. The van der Waals surface area contributed by atoms with Crippen LogP contribution in [0.2, 0.25) is 0 Å². The third kappa shape index (κ3) is 2.87. The van der Waals surface area contributed by atoms with E-state index in [-0.39, 0.29) is 12.5 Å². The molecule has 78 valence electrons. The van der Waals surface area contributed by atoms with Crippen LogP contribution in [0.4, 0.5) is 5.13 Å². The Labute approximate surface area is 98.3 Å². The van der Waals surface area contributed by atoms with Gasteiger partial charge in [0.15, 0.2) is 5.13 Å². The fraction of sp³-hybridized carbons (Fsp3) is 0.125. The first-order valence-electron chi connectivity index (χ1n) is 4.12. The van der Waals surface area contributed by atoms with E-state index in [1.165, 1.54) is 11.3 Å². The molecular weight excluding hydrogens is 280 g/mol. The van der Waals surface area contributed by atoms with Crippen LogP contribution < -0.4 is 5.32 Å². The van der Waals surface area contributed by atoms with E-state index < -0.39 is 0 Å². The summed E-state index contributed by atoms with van der Waals surface area (Å²) in [6, 6.07) is 1.77. The standard InChI is InChI=1S/C8H7BrN4OS/c9-6-4-10-8(15-6)12-7(14)5-13-3-1-2-11-13/h1-4H,5H2,(H,10,12,14). The van der Waals surface area contributed by atoms with Crippen LogP contribution in [-0.2, 0) is 11.3 Å². The fourth-order valence-electron chi connectivity index (χ4n) is 1.01. The quantitative estimate of drug-likeness (QED) is 0.935. The summed E-state index contributed by atoms with van der Waals surface area (Å²) in [6.45, 7) is 0.199. The largest absolute Gasteiger partial charge is 0.300 e. The molecule has 15 heavy (non-hydrogen) atoms. The van der Waals surface area contributed by atoms with Gasteiger partial charge in [0.2, 0.25) is 5.91 Å². The van der Waals surface area contributed by atoms with Gasteiger partial charge in [-0.15, -0.1) is 0 Å². The van der Waals surface area contributed by atoms with Crippen molar-refractivity contribution in [1.29, 1.82) is 0 Å². The van der Waals surface area contributed by atoms with E-state index in [9.17, 15) is 4.79 Å². The predicted molar refractivity (Wildman–Crippen MR) is 60.7 cm³/mol. The summed E-state index contributed by atoms with van der Waals surface area (Å²) in [5, 5.41) is 7.19. The molecule has 2 heterocycles. The predicted octanol–water partition coefficient (Wildman–Crippen LogP) is 1.74. The average Bonchev–Trinajstić information content (AvgIpc) is 2.77. The van der Waals surface area contributed by atoms with Crippen molar-refractivity contribution in [1.82, 2.24) is 14.8 Å². The third-order valence-electron chi connectivity index (χ3n) is 1.59. The van der Waals surface area contributed by atoms with Gasteiger partial charge in [-0.3, -0.25) is 9.48 Å². The number of nitrogens with zero attached hydrogens (tertiary/aromatic N) is 3. The minimum absolute atomic E-state index is 0.138. The van der Waals surface area contributed by atoms with Crippen LogP contribution in [0.25, 0.3) is 0 Å². The molecule has 0 aliphatic rings. The van der Waals surface area contributed by atoms with Crippen molar-refractivity contribution < 1.29 is 4.79 Å². The maximum atomic E-state index is 11.5. The molecule has 1 N–H and O–H groups in total. The van der Waals surface area contributed by atoms with Gasteiger partial charge in [-0.25, -0.2) is 4.98 Å². The van der Waals surface area contributed by atoms with Gasteiger partial charge in [0.1, 0.15) is 6.54 Å². The summed E-state index contributed by atoms with van der Waals surface area (Å²) < 4.78 is 2.44. The SMILES string of the molecule is O=C(Cn1cccn1)Nc1ncc(Br)s1. The lowest BCUT2D eigenvalue weighted by molar-refractivity contribution is -0.116. The van der Waals surface area contributed by atoms with Gasteiger partial charge >= 0.3 is 0 Å². The minimum Gasteiger partial charge on any atom is -0.300 e. The van der Waals surface area contributed by atoms with Crippen LogP contribution >= 0.6 is 27.3 Å². The Balaban J connectivity index is 1.93. The third-order valence-corrected chi connectivity index (χ3v) is 2.98. The van der Waals surface area contributed by atoms with E-state index in [2.05, 4.69) is 31.3 Å². The molecule has 0 aliphatic heterocycles. The number of hydrogen-bond donors (Lipinski definition) is 1. The molecule has 0 bridgehead atoms. The van der Waals surface area contributed by atoms with Crippen LogP contribution in [-0.4, -0.2) is 20.7 Å². The summed E-state index contributed by atoms with van der Waals surface area (Å²) in [6.07, 6.45) is 5.01. The average molecular weight is 287 g/mol. The Bertz CT molecular complexity index is 453. The molecule has 0 aliphatic carbocycles. The number of rotatable bonds is 3. The highest BCUT2D eigenvalue weighted by Gasteiger charge is 2.06. The maximum absolute atomic E-state index is 11.5. The number of thiazole rings is 1. The highest BCUT2D eigenvalue weighted by Crippen LogP contribution is 2.22. The zero-order valence-corrected chi connectivity index (χ0v) is 9.96. The van der Waals surface area contributed by atoms with Gasteiger partial charge in [-0.05, 0) is 22.0 Å². The summed E-state index contributed by atoms with van der Waals surface area (Å²) in [5.41, 5.74) is 0. The van der Waals surface area contributed by atoms with Crippen LogP contribution in [0, 0.1) is 0 Å². The second-order valence-corrected chi connectivity index (χ2v) is 5.13. The van der Waals surface area contributed by atoms with Crippen molar-refractivity contribution in [3.8, 4) is 0 Å².